The standard InChI is InChI=1S/C13H10FNO5S/c1-9-2-7-13(12(14)8-9)21(18,19)20-11-5-3-10(4-6-11)15(16)17/h2-8H,1H3. The van der Waals surface area contributed by atoms with Crippen LogP contribution in [0.3, 0.4) is 0 Å². The van der Waals surface area contributed by atoms with E-state index in [0.29, 0.717) is 5.56 Å². The molecule has 0 N–H and O–H groups in total. The summed E-state index contributed by atoms with van der Waals surface area (Å²) in [6.07, 6.45) is 0. The summed E-state index contributed by atoms with van der Waals surface area (Å²) in [4.78, 5) is 9.27. The summed E-state index contributed by atoms with van der Waals surface area (Å²) in [6, 6.07) is 8.06. The molecule has 8 heteroatoms. The van der Waals surface area contributed by atoms with Crippen LogP contribution in [0.2, 0.25) is 0 Å². The Morgan fingerprint density at radius 2 is 1.76 bits per heavy atom. The van der Waals surface area contributed by atoms with Gasteiger partial charge < -0.3 is 4.18 Å². The molecule has 110 valence electrons. The average molecular weight is 311 g/mol. The first kappa shape index (κ1) is 14.9. The molecule has 0 aliphatic carbocycles. The summed E-state index contributed by atoms with van der Waals surface area (Å²) in [7, 11) is -4.34. The van der Waals surface area contributed by atoms with E-state index in [1.807, 2.05) is 0 Å². The van der Waals surface area contributed by atoms with Gasteiger partial charge >= 0.3 is 10.1 Å². The SMILES string of the molecule is Cc1ccc(S(=O)(=O)Oc2ccc([N+](=O)[O-])cc2)c(F)c1. The average Bonchev–Trinajstić information content (AvgIpc) is 2.38. The molecule has 0 radical (unpaired) electrons. The predicted molar refractivity (Wildman–Crippen MR) is 72.0 cm³/mol. The second kappa shape index (κ2) is 5.49. The summed E-state index contributed by atoms with van der Waals surface area (Å²) in [5.41, 5.74) is 0.364. The van der Waals surface area contributed by atoms with Gasteiger partial charge in [0.25, 0.3) is 5.69 Å². The quantitative estimate of drug-likeness (QED) is 0.492. The molecule has 0 bridgehead atoms. The van der Waals surface area contributed by atoms with Crippen molar-refractivity contribution >= 4 is 15.8 Å². The fourth-order valence-corrected chi connectivity index (χ4v) is 2.59. The number of benzene rings is 2. The first-order valence-electron chi connectivity index (χ1n) is 5.75. The summed E-state index contributed by atoms with van der Waals surface area (Å²) in [5.74, 6) is -1.06. The van der Waals surface area contributed by atoms with Crippen LogP contribution in [0.15, 0.2) is 47.4 Å². The van der Waals surface area contributed by atoms with E-state index in [4.69, 9.17) is 4.18 Å². The number of hydrogen-bond acceptors (Lipinski definition) is 5. The zero-order valence-electron chi connectivity index (χ0n) is 10.8. The maximum Gasteiger partial charge on any atom is 0.342 e. The molecule has 21 heavy (non-hydrogen) atoms. The van der Waals surface area contributed by atoms with Crippen molar-refractivity contribution in [3.63, 3.8) is 0 Å². The summed E-state index contributed by atoms with van der Waals surface area (Å²) in [5, 5.41) is 10.5. The number of rotatable bonds is 4. The Hall–Kier alpha value is -2.48. The van der Waals surface area contributed by atoms with Crippen LogP contribution in [0, 0.1) is 22.9 Å². The molecular weight excluding hydrogens is 301 g/mol. The van der Waals surface area contributed by atoms with E-state index < -0.39 is 25.8 Å². The first-order valence-corrected chi connectivity index (χ1v) is 7.15. The van der Waals surface area contributed by atoms with Crippen LogP contribution in [0.5, 0.6) is 5.75 Å². The highest BCUT2D eigenvalue weighted by Crippen LogP contribution is 2.23. The molecule has 0 aromatic heterocycles. The van der Waals surface area contributed by atoms with Crippen LogP contribution in [0.4, 0.5) is 10.1 Å². The van der Waals surface area contributed by atoms with Gasteiger partial charge in [0.05, 0.1) is 4.92 Å². The molecule has 0 unspecified atom stereocenters. The third-order valence-corrected chi connectivity index (χ3v) is 3.89. The molecule has 0 saturated heterocycles. The lowest BCUT2D eigenvalue weighted by Crippen LogP contribution is -2.11. The van der Waals surface area contributed by atoms with E-state index in [1.165, 1.54) is 6.07 Å². The molecule has 2 aromatic carbocycles. The van der Waals surface area contributed by atoms with Crippen molar-refractivity contribution in [3.8, 4) is 5.75 Å². The lowest BCUT2D eigenvalue weighted by Gasteiger charge is -2.08. The zero-order valence-corrected chi connectivity index (χ0v) is 11.6. The van der Waals surface area contributed by atoms with E-state index in [2.05, 4.69) is 0 Å². The van der Waals surface area contributed by atoms with Gasteiger partial charge in [0.1, 0.15) is 16.5 Å². The Morgan fingerprint density at radius 3 is 2.29 bits per heavy atom. The Labute approximate surface area is 120 Å². The monoisotopic (exact) mass is 311 g/mol. The molecule has 2 aromatic rings. The van der Waals surface area contributed by atoms with Crippen LogP contribution in [0.1, 0.15) is 5.56 Å². The molecule has 0 fully saturated rings. The van der Waals surface area contributed by atoms with Crippen LogP contribution < -0.4 is 4.18 Å². The van der Waals surface area contributed by atoms with E-state index >= 15 is 0 Å². The second-order valence-corrected chi connectivity index (χ2v) is 5.74. The molecule has 0 amide bonds. The predicted octanol–water partition coefficient (Wildman–Crippen LogP) is 2.81. The minimum atomic E-state index is -4.34. The Bertz CT molecular complexity index is 787. The summed E-state index contributed by atoms with van der Waals surface area (Å²) >= 11 is 0. The van der Waals surface area contributed by atoms with Gasteiger partial charge in [-0.05, 0) is 36.8 Å². The highest BCUT2D eigenvalue weighted by molar-refractivity contribution is 7.87. The van der Waals surface area contributed by atoms with Crippen molar-refractivity contribution in [3.05, 3.63) is 64.0 Å². The Kier molecular flexibility index (Phi) is 3.90. The Balaban J connectivity index is 2.30. The highest BCUT2D eigenvalue weighted by Gasteiger charge is 2.21. The van der Waals surface area contributed by atoms with Crippen molar-refractivity contribution in [2.24, 2.45) is 0 Å². The van der Waals surface area contributed by atoms with Gasteiger partial charge in [-0.25, -0.2) is 4.39 Å². The fraction of sp³-hybridized carbons (Fsp3) is 0.0769. The van der Waals surface area contributed by atoms with Crippen molar-refractivity contribution in [2.45, 2.75) is 11.8 Å². The molecule has 6 nitrogen and oxygen atoms in total. The van der Waals surface area contributed by atoms with Gasteiger partial charge in [-0.15, -0.1) is 0 Å². The van der Waals surface area contributed by atoms with Crippen molar-refractivity contribution in [2.75, 3.05) is 0 Å². The molecule has 0 aliphatic rings. The lowest BCUT2D eigenvalue weighted by atomic mass is 10.2. The van der Waals surface area contributed by atoms with E-state index in [-0.39, 0.29) is 11.4 Å². The number of non-ortho nitro benzene ring substituents is 1. The van der Waals surface area contributed by atoms with Gasteiger partial charge in [-0.3, -0.25) is 10.1 Å². The summed E-state index contributed by atoms with van der Waals surface area (Å²) in [6.45, 7) is 1.62. The van der Waals surface area contributed by atoms with Gasteiger partial charge in [0.2, 0.25) is 0 Å². The minimum absolute atomic E-state index is 0.138. The van der Waals surface area contributed by atoms with Crippen molar-refractivity contribution in [1.29, 1.82) is 0 Å². The van der Waals surface area contributed by atoms with Gasteiger partial charge in [-0.2, -0.15) is 8.42 Å². The number of nitrogens with zero attached hydrogens (tertiary/aromatic N) is 1. The van der Waals surface area contributed by atoms with E-state index in [0.717, 1.165) is 36.4 Å². The molecule has 0 atom stereocenters. The number of nitro benzene ring substituents is 1. The summed E-state index contributed by atoms with van der Waals surface area (Å²) < 4.78 is 42.3. The topological polar surface area (TPSA) is 86.5 Å². The van der Waals surface area contributed by atoms with Gasteiger partial charge in [0, 0.05) is 12.1 Å². The number of hydrogen-bond donors (Lipinski definition) is 0. The van der Waals surface area contributed by atoms with Crippen LogP contribution >= 0.6 is 0 Å². The maximum absolute atomic E-state index is 13.7. The van der Waals surface area contributed by atoms with Crippen LogP contribution in [-0.4, -0.2) is 13.3 Å². The largest absolute Gasteiger partial charge is 0.379 e. The van der Waals surface area contributed by atoms with Gasteiger partial charge in [0.15, 0.2) is 0 Å². The molecule has 2 rings (SSSR count). The zero-order chi connectivity index (χ0) is 15.6. The van der Waals surface area contributed by atoms with Crippen LogP contribution in [0.25, 0.3) is 0 Å². The molecular formula is C13H10FNO5S. The molecule has 0 heterocycles. The van der Waals surface area contributed by atoms with E-state index in [1.54, 1.807) is 6.92 Å². The van der Waals surface area contributed by atoms with Crippen molar-refractivity contribution < 1.29 is 21.9 Å². The Morgan fingerprint density at radius 1 is 1.14 bits per heavy atom. The highest BCUT2D eigenvalue weighted by atomic mass is 32.2. The molecule has 0 spiro atoms. The second-order valence-electron chi connectivity index (χ2n) is 4.22. The smallest absolute Gasteiger partial charge is 0.342 e. The lowest BCUT2D eigenvalue weighted by molar-refractivity contribution is -0.384. The normalized spacial score (nSPS) is 11.1. The van der Waals surface area contributed by atoms with Crippen LogP contribution in [-0.2, 0) is 10.1 Å². The molecule has 0 saturated carbocycles. The third kappa shape index (κ3) is 3.34. The third-order valence-electron chi connectivity index (χ3n) is 2.61. The number of halogens is 1. The van der Waals surface area contributed by atoms with Crippen molar-refractivity contribution in [1.82, 2.24) is 0 Å². The number of aryl methyl sites for hydroxylation is 1. The number of nitro groups is 1. The minimum Gasteiger partial charge on any atom is -0.379 e. The first-order chi connectivity index (χ1) is 9.79. The fourth-order valence-electron chi connectivity index (χ4n) is 1.60. The van der Waals surface area contributed by atoms with Gasteiger partial charge in [-0.1, -0.05) is 6.07 Å². The van der Waals surface area contributed by atoms with E-state index in [9.17, 15) is 22.9 Å². The maximum atomic E-state index is 13.7. The molecule has 0 aliphatic heterocycles.